The smallest absolute Gasteiger partial charge is 0.479 e. The molecule has 0 bridgehead atoms. The summed E-state index contributed by atoms with van der Waals surface area (Å²) in [6.07, 6.45) is 2.16. The van der Waals surface area contributed by atoms with Crippen molar-refractivity contribution in [2.45, 2.75) is 12.8 Å². The minimum Gasteiger partial charge on any atom is -0.479 e. The van der Waals surface area contributed by atoms with Crippen molar-refractivity contribution in [1.82, 2.24) is 0 Å². The Morgan fingerprint density at radius 3 is 2.22 bits per heavy atom. The van der Waals surface area contributed by atoms with Crippen molar-refractivity contribution >= 4 is 20.4 Å². The summed E-state index contributed by atoms with van der Waals surface area (Å²) >= 11 is 0. The second-order valence-electron chi connectivity index (χ2n) is 3.20. The molecule has 0 aromatic rings. The third-order valence-electron chi connectivity index (χ3n) is 2.04. The Bertz CT molecular complexity index is 288. The van der Waals surface area contributed by atoms with E-state index in [0.29, 0.717) is 12.8 Å². The molecule has 104 valence electrons. The largest absolute Gasteiger partial charge is 0.620 e. The summed E-state index contributed by atoms with van der Waals surface area (Å²) in [7, 11) is -1.15. The van der Waals surface area contributed by atoms with Gasteiger partial charge in [0.1, 0.15) is 0 Å². The summed E-state index contributed by atoms with van der Waals surface area (Å²) in [5.74, 6) is -0.487. The molecule has 0 rings (SSSR count). The maximum atomic E-state index is 10.9. The van der Waals surface area contributed by atoms with Crippen LogP contribution in [0.25, 0.3) is 0 Å². The first kappa shape index (κ1) is 16.8. The van der Waals surface area contributed by atoms with Crippen LogP contribution in [0.15, 0.2) is 12.7 Å². The van der Waals surface area contributed by atoms with Crippen molar-refractivity contribution in [3.8, 4) is 0 Å². The molecule has 0 unspecified atom stereocenters. The number of carbonyl (C=O) groups is 2. The fourth-order valence-electron chi connectivity index (χ4n) is 1.08. The van der Waals surface area contributed by atoms with Crippen molar-refractivity contribution in [2.24, 2.45) is 0 Å². The topological polar surface area (TPSA) is 91.3 Å². The van der Waals surface area contributed by atoms with Gasteiger partial charge in [0, 0.05) is 26.9 Å². The Balaban J connectivity index is 3.84. The van der Waals surface area contributed by atoms with Crippen LogP contribution in [-0.2, 0) is 22.8 Å². The minimum atomic E-state index is -3.62. The number of ether oxygens (including phenoxy) is 1. The van der Waals surface area contributed by atoms with Crippen molar-refractivity contribution in [3.63, 3.8) is 0 Å². The molecule has 1 N–H and O–H groups in total. The molecule has 8 heteroatoms. The number of carboxylic acid groups (broad SMARTS) is 1. The van der Waals surface area contributed by atoms with Crippen LogP contribution in [0.5, 0.6) is 0 Å². The Labute approximate surface area is 107 Å². The number of carbonyl (C=O) groups excluding carboxylic acids is 1. The molecule has 18 heavy (non-hydrogen) atoms. The summed E-state index contributed by atoms with van der Waals surface area (Å²) in [5.41, 5.74) is -1.23. The van der Waals surface area contributed by atoms with Gasteiger partial charge in [-0.25, -0.2) is 9.59 Å². The average molecular weight is 278 g/mol. The van der Waals surface area contributed by atoms with Crippen molar-refractivity contribution in [2.75, 3.05) is 27.4 Å². The van der Waals surface area contributed by atoms with Gasteiger partial charge in [-0.15, -0.1) is 0 Å². The average Bonchev–Trinajstić information content (AvgIpc) is 2.37. The summed E-state index contributed by atoms with van der Waals surface area (Å²) in [4.78, 5) is 21.6. The molecule has 0 atom stereocenters. The number of hydrogen-bond acceptors (Lipinski definition) is 6. The quantitative estimate of drug-likeness (QED) is 0.276. The fourth-order valence-corrected chi connectivity index (χ4v) is 2.37. The van der Waals surface area contributed by atoms with Crippen molar-refractivity contribution in [3.05, 3.63) is 12.7 Å². The highest BCUT2D eigenvalue weighted by Crippen LogP contribution is 2.09. The third-order valence-corrected chi connectivity index (χ3v) is 4.22. The SMILES string of the molecule is C=CC(=O)OCCCCO[Si](OC)(OC)C(=O)O. The molecule has 0 saturated heterocycles. The van der Waals surface area contributed by atoms with Gasteiger partial charge in [0.2, 0.25) is 0 Å². The molecule has 0 radical (unpaired) electrons. The molecule has 0 aliphatic carbocycles. The fraction of sp³-hybridized carbons (Fsp3) is 0.600. The molecular weight excluding hydrogens is 260 g/mol. The highest BCUT2D eigenvalue weighted by Gasteiger charge is 2.49. The molecule has 0 aliphatic rings. The third kappa shape index (κ3) is 5.41. The van der Waals surface area contributed by atoms with Gasteiger partial charge in [-0.2, -0.15) is 0 Å². The van der Waals surface area contributed by atoms with E-state index in [2.05, 4.69) is 6.58 Å². The van der Waals surface area contributed by atoms with Crippen LogP contribution in [0.2, 0.25) is 0 Å². The molecule has 0 heterocycles. The zero-order valence-corrected chi connectivity index (χ0v) is 11.5. The molecular formula is C10H18O7Si. The van der Waals surface area contributed by atoms with E-state index < -0.39 is 20.4 Å². The van der Waals surface area contributed by atoms with E-state index in [-0.39, 0.29) is 13.2 Å². The van der Waals surface area contributed by atoms with Crippen LogP contribution in [0.4, 0.5) is 4.79 Å². The second-order valence-corrected chi connectivity index (χ2v) is 5.84. The highest BCUT2D eigenvalue weighted by atomic mass is 28.4. The predicted molar refractivity (Wildman–Crippen MR) is 64.1 cm³/mol. The van der Waals surface area contributed by atoms with E-state index in [4.69, 9.17) is 23.1 Å². The lowest BCUT2D eigenvalue weighted by molar-refractivity contribution is -0.137. The van der Waals surface area contributed by atoms with E-state index in [1.165, 1.54) is 14.2 Å². The number of unbranched alkanes of at least 4 members (excludes halogenated alkanes) is 1. The van der Waals surface area contributed by atoms with Crippen LogP contribution >= 0.6 is 0 Å². The summed E-state index contributed by atoms with van der Waals surface area (Å²) in [6.45, 7) is 3.65. The standard InChI is InChI=1S/C10H18O7Si/c1-4-9(11)16-7-5-6-8-17-18(14-2,15-3)10(12)13/h4H,1,5-8H2,2-3H3,(H,12,13). The first-order valence-corrected chi connectivity index (χ1v) is 7.01. The molecule has 7 nitrogen and oxygen atoms in total. The maximum Gasteiger partial charge on any atom is 0.620 e. The van der Waals surface area contributed by atoms with Gasteiger partial charge in [-0.1, -0.05) is 6.58 Å². The van der Waals surface area contributed by atoms with Crippen LogP contribution in [0.1, 0.15) is 12.8 Å². The lowest BCUT2D eigenvalue weighted by Gasteiger charge is -2.21. The van der Waals surface area contributed by atoms with E-state index in [1.807, 2.05) is 0 Å². The first-order chi connectivity index (χ1) is 8.52. The number of esters is 1. The molecule has 0 aromatic carbocycles. The zero-order chi connectivity index (χ0) is 14.0. The van der Waals surface area contributed by atoms with Gasteiger partial charge >= 0.3 is 20.4 Å². The van der Waals surface area contributed by atoms with Crippen LogP contribution in [-0.4, -0.2) is 52.9 Å². The lowest BCUT2D eigenvalue weighted by Crippen LogP contribution is -2.51. The van der Waals surface area contributed by atoms with Gasteiger partial charge in [0.15, 0.2) is 0 Å². The highest BCUT2D eigenvalue weighted by molar-refractivity contribution is 6.90. The summed E-state index contributed by atoms with van der Waals surface area (Å²) < 4.78 is 19.5. The molecule has 0 amide bonds. The maximum absolute atomic E-state index is 10.9. The van der Waals surface area contributed by atoms with Crippen LogP contribution in [0.3, 0.4) is 0 Å². The number of hydrogen-bond donors (Lipinski definition) is 1. The van der Waals surface area contributed by atoms with Crippen LogP contribution in [0, 0.1) is 0 Å². The second kappa shape index (κ2) is 8.81. The van der Waals surface area contributed by atoms with E-state index in [0.717, 1.165) is 6.08 Å². The predicted octanol–water partition coefficient (Wildman–Crippen LogP) is 1.00. The zero-order valence-electron chi connectivity index (χ0n) is 10.5. The Morgan fingerprint density at radius 1 is 1.22 bits per heavy atom. The van der Waals surface area contributed by atoms with E-state index in [9.17, 15) is 9.59 Å². The summed E-state index contributed by atoms with van der Waals surface area (Å²) in [6, 6.07) is 0. The van der Waals surface area contributed by atoms with Gasteiger partial charge < -0.3 is 23.1 Å². The molecule has 0 aliphatic heterocycles. The number of rotatable bonds is 10. The molecule has 0 fully saturated rings. The molecule has 0 saturated carbocycles. The van der Waals surface area contributed by atoms with E-state index in [1.54, 1.807) is 0 Å². The first-order valence-electron chi connectivity index (χ1n) is 5.29. The molecule has 0 spiro atoms. The van der Waals surface area contributed by atoms with Crippen molar-refractivity contribution < 1.29 is 32.7 Å². The monoisotopic (exact) mass is 278 g/mol. The lowest BCUT2D eigenvalue weighted by atomic mass is 10.3. The van der Waals surface area contributed by atoms with Crippen LogP contribution < -0.4 is 0 Å². The van der Waals surface area contributed by atoms with Gasteiger partial charge in [0.05, 0.1) is 6.61 Å². The summed E-state index contributed by atoms with van der Waals surface area (Å²) in [5, 5.41) is 8.94. The van der Waals surface area contributed by atoms with Gasteiger partial charge in [-0.3, -0.25) is 0 Å². The van der Waals surface area contributed by atoms with E-state index >= 15 is 0 Å². The van der Waals surface area contributed by atoms with Gasteiger partial charge in [0.25, 0.3) is 0 Å². The Hall–Kier alpha value is -1.22. The van der Waals surface area contributed by atoms with Crippen molar-refractivity contribution in [1.29, 1.82) is 0 Å². The Kier molecular flexibility index (Phi) is 8.21. The molecule has 0 aromatic heterocycles. The minimum absolute atomic E-state index is 0.159. The normalized spacial score (nSPS) is 11.0. The Morgan fingerprint density at radius 2 is 1.78 bits per heavy atom. The van der Waals surface area contributed by atoms with Gasteiger partial charge in [-0.05, 0) is 12.8 Å².